The predicted molar refractivity (Wildman–Crippen MR) is 198 cm³/mol. The molecule has 0 radical (unpaired) electrons. The summed E-state index contributed by atoms with van der Waals surface area (Å²) >= 11 is 0. The Morgan fingerprint density at radius 1 is 0.673 bits per heavy atom. The second-order valence-corrected chi connectivity index (χ2v) is 13.8. The summed E-state index contributed by atoms with van der Waals surface area (Å²) in [7, 11) is 0. The third-order valence-corrected chi connectivity index (χ3v) is 9.94. The summed E-state index contributed by atoms with van der Waals surface area (Å²) in [5.41, 5.74) is 9.17. The van der Waals surface area contributed by atoms with Gasteiger partial charge in [-0.3, -0.25) is 29.1 Å². The first-order chi connectivity index (χ1) is 24.9. The number of nitrogens with one attached hydrogen (secondary N) is 4. The van der Waals surface area contributed by atoms with Crippen molar-refractivity contribution in [2.75, 3.05) is 10.6 Å². The van der Waals surface area contributed by atoms with Crippen molar-refractivity contribution in [2.45, 2.75) is 90.4 Å². The Morgan fingerprint density at radius 2 is 1.06 bits per heavy atom. The van der Waals surface area contributed by atoms with Crippen LogP contribution in [-0.2, 0) is 22.7 Å². The van der Waals surface area contributed by atoms with E-state index in [1.165, 1.54) is 0 Å². The number of amides is 2. The van der Waals surface area contributed by atoms with Crippen molar-refractivity contribution < 1.29 is 29.4 Å². The molecular weight excluding hydrogens is 660 g/mol. The lowest BCUT2D eigenvalue weighted by molar-refractivity contribution is -0.140. The molecule has 0 aliphatic heterocycles. The zero-order valence-corrected chi connectivity index (χ0v) is 29.7. The van der Waals surface area contributed by atoms with Gasteiger partial charge in [-0.05, 0) is 134 Å². The summed E-state index contributed by atoms with van der Waals surface area (Å²) in [5, 5.41) is 30.5. The minimum Gasteiger partial charge on any atom is -0.480 e. The number of carboxylic acid groups (broad SMARTS) is 2. The van der Waals surface area contributed by atoms with Crippen molar-refractivity contribution >= 4 is 35.1 Å². The van der Waals surface area contributed by atoms with Gasteiger partial charge in [0.2, 0.25) is 0 Å². The molecule has 270 valence electrons. The quantitative estimate of drug-likeness (QED) is 0.0840. The highest BCUT2D eigenvalue weighted by molar-refractivity contribution is 6.05. The van der Waals surface area contributed by atoms with Crippen molar-refractivity contribution in [3.63, 3.8) is 0 Å². The molecule has 2 amide bonds. The minimum absolute atomic E-state index is 0.292. The van der Waals surface area contributed by atoms with Gasteiger partial charge in [-0.15, -0.1) is 0 Å². The van der Waals surface area contributed by atoms with Crippen molar-refractivity contribution in [1.29, 1.82) is 0 Å². The fourth-order valence-electron chi connectivity index (χ4n) is 6.29. The molecule has 0 spiro atoms. The number of carboxylic acids is 2. The smallest absolute Gasteiger partial charge is 0.320 e. The Balaban J connectivity index is 1.18. The van der Waals surface area contributed by atoms with Crippen LogP contribution in [-0.4, -0.2) is 56.0 Å². The molecule has 52 heavy (non-hydrogen) atoms. The maximum atomic E-state index is 13.5. The number of hydrogen-bond acceptors (Lipinski definition) is 8. The Labute approximate surface area is 302 Å². The molecule has 4 aromatic rings. The summed E-state index contributed by atoms with van der Waals surface area (Å²) in [6.45, 7) is 7.77. The molecule has 2 fully saturated rings. The van der Waals surface area contributed by atoms with Crippen molar-refractivity contribution in [3.05, 3.63) is 106 Å². The van der Waals surface area contributed by atoms with Crippen LogP contribution in [0.3, 0.4) is 0 Å². The topological polar surface area (TPSA) is 183 Å². The third-order valence-electron chi connectivity index (χ3n) is 9.94. The van der Waals surface area contributed by atoms with E-state index in [-0.39, 0.29) is 11.8 Å². The zero-order chi connectivity index (χ0) is 37.1. The number of carbonyl (C=O) groups excluding carboxylic acids is 2. The summed E-state index contributed by atoms with van der Waals surface area (Å²) in [4.78, 5) is 58.4. The number of rotatable bonds is 15. The molecule has 12 nitrogen and oxygen atoms in total. The number of aliphatic carboxylic acids is 2. The third kappa shape index (κ3) is 8.35. The van der Waals surface area contributed by atoms with Gasteiger partial charge in [-0.2, -0.15) is 0 Å². The molecule has 2 aromatic heterocycles. The zero-order valence-electron chi connectivity index (χ0n) is 29.7. The minimum atomic E-state index is -0.928. The largest absolute Gasteiger partial charge is 0.480 e. The van der Waals surface area contributed by atoms with Crippen molar-refractivity contribution in [1.82, 2.24) is 20.6 Å². The number of carbonyl (C=O) groups is 4. The fraction of sp³-hybridized carbons (Fsp3) is 0.350. The van der Waals surface area contributed by atoms with Gasteiger partial charge in [0.05, 0.1) is 0 Å². The van der Waals surface area contributed by atoms with E-state index in [1.807, 2.05) is 62.4 Å². The standard InChI is InChI=1S/C40H44N6O6/c1-21-29(7-5-9-33(21)45-37(47)35-15-31(25-11-12-25)27(19-43-35)17-41-23(3)39(49)50)30-8-6-10-34(22(30)2)46-38(48)36-16-32(26-13-14-26)28(20-44-36)18-42-24(4)40(51)52/h5-10,15-16,19-20,23-26,41-42H,11-14,17-18H2,1-4H3,(H,45,47)(H,46,48)(H,49,50)(H,51,52)/t23-,24-/m0/s1. The van der Waals surface area contributed by atoms with Crippen LogP contribution in [0.15, 0.2) is 60.9 Å². The maximum Gasteiger partial charge on any atom is 0.320 e. The first-order valence-corrected chi connectivity index (χ1v) is 17.6. The average molecular weight is 705 g/mol. The monoisotopic (exact) mass is 704 g/mol. The number of nitrogens with zero attached hydrogens (tertiary/aromatic N) is 2. The lowest BCUT2D eigenvalue weighted by Crippen LogP contribution is -2.33. The van der Waals surface area contributed by atoms with Gasteiger partial charge in [0.25, 0.3) is 11.8 Å². The van der Waals surface area contributed by atoms with Gasteiger partial charge in [0.1, 0.15) is 23.5 Å². The molecule has 2 aliphatic rings. The maximum absolute atomic E-state index is 13.5. The highest BCUT2D eigenvalue weighted by Gasteiger charge is 2.29. The van der Waals surface area contributed by atoms with E-state index in [9.17, 15) is 29.4 Å². The van der Waals surface area contributed by atoms with Crippen LogP contribution in [0.2, 0.25) is 0 Å². The van der Waals surface area contributed by atoms with Gasteiger partial charge < -0.3 is 31.5 Å². The average Bonchev–Trinajstić information content (AvgIpc) is 4.06. The molecular formula is C40H44N6O6. The lowest BCUT2D eigenvalue weighted by atomic mass is 9.94. The highest BCUT2D eigenvalue weighted by Crippen LogP contribution is 2.43. The molecule has 2 heterocycles. The normalized spacial score (nSPS) is 15.1. The van der Waals surface area contributed by atoms with E-state index in [1.54, 1.807) is 26.2 Å². The first kappa shape index (κ1) is 36.3. The molecule has 6 N–H and O–H groups in total. The molecule has 0 unspecified atom stereocenters. The molecule has 6 rings (SSSR count). The lowest BCUT2D eigenvalue weighted by Gasteiger charge is -2.17. The summed E-state index contributed by atoms with van der Waals surface area (Å²) in [6.07, 6.45) is 7.39. The SMILES string of the molecule is Cc1c(NC(=O)c2cc(C3CC3)c(CN[C@@H](C)C(=O)O)cn2)cccc1-c1cccc(NC(=O)c2cc(C3CC3)c(CN[C@@H](C)C(=O)O)cn2)c1C. The number of benzene rings is 2. The molecule has 2 saturated carbocycles. The second-order valence-electron chi connectivity index (χ2n) is 13.8. The van der Waals surface area contributed by atoms with Crippen molar-refractivity contribution in [2.24, 2.45) is 0 Å². The summed E-state index contributed by atoms with van der Waals surface area (Å²) < 4.78 is 0. The number of hydrogen-bond donors (Lipinski definition) is 6. The Hall–Kier alpha value is -5.46. The summed E-state index contributed by atoms with van der Waals surface area (Å²) in [5.74, 6) is -1.87. The van der Waals surface area contributed by atoms with Crippen LogP contribution in [0, 0.1) is 13.8 Å². The highest BCUT2D eigenvalue weighted by atomic mass is 16.4. The van der Waals surface area contributed by atoms with E-state index in [2.05, 4.69) is 31.2 Å². The number of anilines is 2. The second kappa shape index (κ2) is 15.4. The van der Waals surface area contributed by atoms with Crippen LogP contribution >= 0.6 is 0 Å². The van der Waals surface area contributed by atoms with Gasteiger partial charge >= 0.3 is 11.9 Å². The van der Waals surface area contributed by atoms with E-state index >= 15 is 0 Å². The molecule has 2 aliphatic carbocycles. The Bertz CT molecular complexity index is 1890. The molecule has 2 atom stereocenters. The van der Waals surface area contributed by atoms with Crippen LogP contribution in [0.4, 0.5) is 11.4 Å². The fourth-order valence-corrected chi connectivity index (χ4v) is 6.29. The number of aromatic nitrogens is 2. The molecule has 0 saturated heterocycles. The van der Waals surface area contributed by atoms with E-state index in [0.29, 0.717) is 47.7 Å². The van der Waals surface area contributed by atoms with Gasteiger partial charge in [0, 0.05) is 36.9 Å². The Morgan fingerprint density at radius 3 is 1.40 bits per heavy atom. The van der Waals surface area contributed by atoms with E-state index in [0.717, 1.165) is 70.2 Å². The molecule has 2 aromatic carbocycles. The van der Waals surface area contributed by atoms with Gasteiger partial charge in [0.15, 0.2) is 0 Å². The Kier molecular flexibility index (Phi) is 10.8. The molecule has 12 heteroatoms. The number of pyridine rings is 2. The van der Waals surface area contributed by atoms with E-state index < -0.39 is 24.0 Å². The van der Waals surface area contributed by atoms with Crippen molar-refractivity contribution in [3.8, 4) is 11.1 Å². The van der Waals surface area contributed by atoms with Gasteiger partial charge in [-0.25, -0.2) is 0 Å². The first-order valence-electron chi connectivity index (χ1n) is 17.6. The summed E-state index contributed by atoms with van der Waals surface area (Å²) in [6, 6.07) is 13.6. The van der Waals surface area contributed by atoms with Crippen LogP contribution in [0.1, 0.15) is 106 Å². The van der Waals surface area contributed by atoms with Crippen LogP contribution < -0.4 is 21.3 Å². The molecule has 0 bridgehead atoms. The van der Waals surface area contributed by atoms with E-state index in [4.69, 9.17) is 0 Å². The van der Waals surface area contributed by atoms with Crippen LogP contribution in [0.5, 0.6) is 0 Å². The van der Waals surface area contributed by atoms with Crippen LogP contribution in [0.25, 0.3) is 11.1 Å². The van der Waals surface area contributed by atoms with Gasteiger partial charge in [-0.1, -0.05) is 24.3 Å². The predicted octanol–water partition coefficient (Wildman–Crippen LogP) is 6.15.